The fraction of sp³-hybridized carbons (Fsp3) is 0.538. The molecule has 0 spiro atoms. The van der Waals surface area contributed by atoms with Crippen LogP contribution in [0.1, 0.15) is 6.42 Å². The minimum absolute atomic E-state index is 0.795. The van der Waals surface area contributed by atoms with E-state index in [2.05, 4.69) is 32.2 Å². The van der Waals surface area contributed by atoms with E-state index in [1.54, 1.807) is 14.2 Å². The normalized spacial score (nSPS) is 16.3. The molecule has 0 saturated carbocycles. The fourth-order valence-corrected chi connectivity index (χ4v) is 2.87. The lowest BCUT2D eigenvalue weighted by atomic mass is 10.2. The first kappa shape index (κ1) is 13.5. The zero-order chi connectivity index (χ0) is 13.0. The van der Waals surface area contributed by atoms with Gasteiger partial charge in [-0.3, -0.25) is 0 Å². The van der Waals surface area contributed by atoms with Gasteiger partial charge >= 0.3 is 0 Å². The zero-order valence-corrected chi connectivity index (χ0v) is 12.4. The van der Waals surface area contributed by atoms with Crippen LogP contribution in [0.15, 0.2) is 16.6 Å². The molecule has 1 saturated heterocycles. The summed E-state index contributed by atoms with van der Waals surface area (Å²) < 4.78 is 11.7. The number of hydrogen-bond donors (Lipinski definition) is 1. The van der Waals surface area contributed by atoms with Crippen molar-refractivity contribution >= 4 is 21.6 Å². The number of nitrogens with one attached hydrogen (secondary N) is 1. The molecule has 4 nitrogen and oxygen atoms in total. The van der Waals surface area contributed by atoms with Crippen molar-refractivity contribution in [2.24, 2.45) is 0 Å². The molecule has 0 radical (unpaired) electrons. The van der Waals surface area contributed by atoms with Crippen molar-refractivity contribution in [3.63, 3.8) is 0 Å². The number of methoxy groups -OCH3 is 2. The summed E-state index contributed by atoms with van der Waals surface area (Å²) in [5, 5.41) is 3.40. The third kappa shape index (κ3) is 2.72. The summed E-state index contributed by atoms with van der Waals surface area (Å²) >= 11 is 3.55. The predicted molar refractivity (Wildman–Crippen MR) is 76.9 cm³/mol. The van der Waals surface area contributed by atoms with Gasteiger partial charge in [0.1, 0.15) is 10.2 Å². The van der Waals surface area contributed by atoms with Crippen molar-refractivity contribution in [2.45, 2.75) is 6.42 Å². The maximum atomic E-state index is 5.52. The van der Waals surface area contributed by atoms with Crippen LogP contribution in [0, 0.1) is 0 Å². The molecule has 0 bridgehead atoms. The van der Waals surface area contributed by atoms with Gasteiger partial charge in [0.25, 0.3) is 0 Å². The van der Waals surface area contributed by atoms with Gasteiger partial charge in [0.05, 0.1) is 19.9 Å². The molecule has 0 aromatic heterocycles. The molecule has 1 fully saturated rings. The standard InChI is InChI=1S/C13H19BrN2O2/c1-17-11-5-4-10(13(18-2)12(11)14)16-8-3-6-15-7-9-16/h4-5,15H,3,6-9H2,1-2H3. The lowest BCUT2D eigenvalue weighted by Gasteiger charge is -2.25. The van der Waals surface area contributed by atoms with Gasteiger partial charge in [0.2, 0.25) is 0 Å². The van der Waals surface area contributed by atoms with Crippen molar-refractivity contribution in [3.8, 4) is 11.5 Å². The summed E-state index contributed by atoms with van der Waals surface area (Å²) in [6.45, 7) is 4.13. The SMILES string of the molecule is COc1ccc(N2CCCNCC2)c(OC)c1Br. The molecule has 2 rings (SSSR count). The molecule has 1 aliphatic rings. The first-order chi connectivity index (χ1) is 8.77. The highest BCUT2D eigenvalue weighted by Crippen LogP contribution is 2.41. The topological polar surface area (TPSA) is 33.7 Å². The van der Waals surface area contributed by atoms with E-state index in [1.165, 1.54) is 0 Å². The summed E-state index contributed by atoms with van der Waals surface area (Å²) in [6, 6.07) is 4.04. The molecular weight excluding hydrogens is 296 g/mol. The Morgan fingerprint density at radius 2 is 2.00 bits per heavy atom. The Balaban J connectivity index is 2.34. The highest BCUT2D eigenvalue weighted by atomic mass is 79.9. The average Bonchev–Trinajstić information content (AvgIpc) is 2.67. The van der Waals surface area contributed by atoms with Gasteiger partial charge in [0, 0.05) is 19.6 Å². The zero-order valence-electron chi connectivity index (χ0n) is 10.8. The Bertz CT molecular complexity index is 404. The second kappa shape index (κ2) is 6.29. The Morgan fingerprint density at radius 3 is 2.72 bits per heavy atom. The van der Waals surface area contributed by atoms with E-state index in [1.807, 2.05) is 6.07 Å². The Kier molecular flexibility index (Phi) is 4.72. The molecule has 5 heteroatoms. The third-order valence-electron chi connectivity index (χ3n) is 3.15. The summed E-state index contributed by atoms with van der Waals surface area (Å²) in [5.41, 5.74) is 1.12. The van der Waals surface area contributed by atoms with E-state index < -0.39 is 0 Å². The number of rotatable bonds is 3. The van der Waals surface area contributed by atoms with Gasteiger partial charge in [-0.15, -0.1) is 0 Å². The van der Waals surface area contributed by atoms with Crippen molar-refractivity contribution < 1.29 is 9.47 Å². The van der Waals surface area contributed by atoms with E-state index in [9.17, 15) is 0 Å². The summed E-state index contributed by atoms with van der Waals surface area (Å²) in [4.78, 5) is 2.35. The van der Waals surface area contributed by atoms with E-state index in [0.29, 0.717) is 0 Å². The first-order valence-corrected chi connectivity index (χ1v) is 6.93. The molecule has 1 aliphatic heterocycles. The number of benzene rings is 1. The van der Waals surface area contributed by atoms with Gasteiger partial charge in [0.15, 0.2) is 5.75 Å². The van der Waals surface area contributed by atoms with E-state index >= 15 is 0 Å². The van der Waals surface area contributed by atoms with Crippen LogP contribution in [0.3, 0.4) is 0 Å². The summed E-state index contributed by atoms with van der Waals surface area (Å²) in [7, 11) is 3.36. The molecule has 0 aliphatic carbocycles. The number of anilines is 1. The Hall–Kier alpha value is -0.940. The van der Waals surface area contributed by atoms with Crippen molar-refractivity contribution in [3.05, 3.63) is 16.6 Å². The molecular formula is C13H19BrN2O2. The number of nitrogens with zero attached hydrogens (tertiary/aromatic N) is 1. The molecule has 0 amide bonds. The highest BCUT2D eigenvalue weighted by molar-refractivity contribution is 9.10. The Labute approximate surface area is 116 Å². The molecule has 0 atom stereocenters. The van der Waals surface area contributed by atoms with Crippen LogP contribution in [0.4, 0.5) is 5.69 Å². The van der Waals surface area contributed by atoms with Gasteiger partial charge in [-0.2, -0.15) is 0 Å². The molecule has 18 heavy (non-hydrogen) atoms. The van der Waals surface area contributed by atoms with E-state index in [4.69, 9.17) is 9.47 Å². The van der Waals surface area contributed by atoms with Crippen LogP contribution in [-0.4, -0.2) is 40.4 Å². The van der Waals surface area contributed by atoms with Crippen molar-refractivity contribution in [2.75, 3.05) is 45.3 Å². The molecule has 1 heterocycles. The third-order valence-corrected chi connectivity index (χ3v) is 3.90. The van der Waals surface area contributed by atoms with Gasteiger partial charge in [-0.05, 0) is 41.0 Å². The highest BCUT2D eigenvalue weighted by Gasteiger charge is 2.18. The van der Waals surface area contributed by atoms with Crippen LogP contribution in [0.2, 0.25) is 0 Å². The molecule has 100 valence electrons. The molecule has 1 aromatic carbocycles. The van der Waals surface area contributed by atoms with Crippen LogP contribution >= 0.6 is 15.9 Å². The molecule has 1 N–H and O–H groups in total. The summed E-state index contributed by atoms with van der Waals surface area (Å²) in [5.74, 6) is 1.64. The maximum Gasteiger partial charge on any atom is 0.160 e. The van der Waals surface area contributed by atoms with Crippen LogP contribution in [0.25, 0.3) is 0 Å². The largest absolute Gasteiger partial charge is 0.495 e. The number of halogens is 1. The lowest BCUT2D eigenvalue weighted by Crippen LogP contribution is -2.28. The Morgan fingerprint density at radius 1 is 1.17 bits per heavy atom. The quantitative estimate of drug-likeness (QED) is 0.928. The van der Waals surface area contributed by atoms with Crippen molar-refractivity contribution in [1.29, 1.82) is 0 Å². The molecule has 0 unspecified atom stereocenters. The number of hydrogen-bond acceptors (Lipinski definition) is 4. The average molecular weight is 315 g/mol. The predicted octanol–water partition coefficient (Wildman–Crippen LogP) is 2.27. The number of ether oxygens (including phenoxy) is 2. The fourth-order valence-electron chi connectivity index (χ4n) is 2.22. The first-order valence-electron chi connectivity index (χ1n) is 6.14. The van der Waals surface area contributed by atoms with Crippen LogP contribution < -0.4 is 19.7 Å². The molecule has 1 aromatic rings. The van der Waals surface area contributed by atoms with Crippen molar-refractivity contribution in [1.82, 2.24) is 5.32 Å². The minimum atomic E-state index is 0.795. The van der Waals surface area contributed by atoms with Crippen LogP contribution in [0.5, 0.6) is 11.5 Å². The van der Waals surface area contributed by atoms with Gasteiger partial charge in [-0.25, -0.2) is 0 Å². The lowest BCUT2D eigenvalue weighted by molar-refractivity contribution is 0.389. The minimum Gasteiger partial charge on any atom is -0.495 e. The van der Waals surface area contributed by atoms with E-state index in [-0.39, 0.29) is 0 Å². The maximum absolute atomic E-state index is 5.52. The van der Waals surface area contributed by atoms with Gasteiger partial charge in [-0.1, -0.05) is 0 Å². The smallest absolute Gasteiger partial charge is 0.160 e. The van der Waals surface area contributed by atoms with Crippen LogP contribution in [-0.2, 0) is 0 Å². The monoisotopic (exact) mass is 314 g/mol. The van der Waals surface area contributed by atoms with Gasteiger partial charge < -0.3 is 19.7 Å². The second-order valence-corrected chi connectivity index (χ2v) is 5.02. The van der Waals surface area contributed by atoms with E-state index in [0.717, 1.165) is 54.3 Å². The summed E-state index contributed by atoms with van der Waals surface area (Å²) in [6.07, 6.45) is 1.15. The second-order valence-electron chi connectivity index (χ2n) is 4.22.